The highest BCUT2D eigenvalue weighted by molar-refractivity contribution is 7.89. The van der Waals surface area contributed by atoms with E-state index in [1.54, 1.807) is 23.6 Å². The first-order valence-electron chi connectivity index (χ1n) is 8.56. The molecule has 4 rings (SSSR count). The monoisotopic (exact) mass is 417 g/mol. The smallest absolute Gasteiger partial charge is 0.257 e. The molecule has 2 aromatic carbocycles. The van der Waals surface area contributed by atoms with Crippen LogP contribution >= 0.6 is 11.3 Å². The van der Waals surface area contributed by atoms with Crippen molar-refractivity contribution in [1.29, 1.82) is 0 Å². The van der Waals surface area contributed by atoms with Crippen molar-refractivity contribution in [3.05, 3.63) is 65.3 Å². The maximum Gasteiger partial charge on any atom is 0.257 e. The summed E-state index contributed by atoms with van der Waals surface area (Å²) in [6.45, 7) is 0. The van der Waals surface area contributed by atoms with Crippen molar-refractivity contribution in [3.63, 3.8) is 0 Å². The van der Waals surface area contributed by atoms with Gasteiger partial charge >= 0.3 is 0 Å². The van der Waals surface area contributed by atoms with Crippen molar-refractivity contribution < 1.29 is 17.6 Å². The number of nitrogens with zero attached hydrogens (tertiary/aromatic N) is 1. The normalized spacial score (nSPS) is 14.0. The summed E-state index contributed by atoms with van der Waals surface area (Å²) in [5.74, 6) is -0.790. The van der Waals surface area contributed by atoms with Gasteiger partial charge in [0.25, 0.3) is 5.91 Å². The SMILES string of the molecule is O=C(Nc1nc(-c2ccc(F)cc2)cs1)c1cccc(S(=O)(=O)NC2CC2)c1. The quantitative estimate of drug-likeness (QED) is 0.641. The zero-order valence-electron chi connectivity index (χ0n) is 14.6. The van der Waals surface area contributed by atoms with Gasteiger partial charge in [0.15, 0.2) is 5.13 Å². The number of hydrogen-bond donors (Lipinski definition) is 2. The molecule has 0 bridgehead atoms. The fourth-order valence-electron chi connectivity index (χ4n) is 2.55. The fraction of sp³-hybridized carbons (Fsp3) is 0.158. The molecule has 0 radical (unpaired) electrons. The molecule has 1 amide bonds. The average molecular weight is 417 g/mol. The maximum absolute atomic E-state index is 13.0. The molecule has 0 unspecified atom stereocenters. The van der Waals surface area contributed by atoms with Crippen LogP contribution in [0.15, 0.2) is 58.8 Å². The van der Waals surface area contributed by atoms with E-state index in [1.807, 2.05) is 0 Å². The molecular weight excluding hydrogens is 401 g/mol. The second-order valence-electron chi connectivity index (χ2n) is 6.42. The summed E-state index contributed by atoms with van der Waals surface area (Å²) in [7, 11) is -3.64. The Morgan fingerprint density at radius 1 is 1.14 bits per heavy atom. The third-order valence-corrected chi connectivity index (χ3v) is 6.45. The van der Waals surface area contributed by atoms with Crippen LogP contribution in [0, 0.1) is 5.82 Å². The minimum Gasteiger partial charge on any atom is -0.298 e. The van der Waals surface area contributed by atoms with E-state index in [4.69, 9.17) is 0 Å². The highest BCUT2D eigenvalue weighted by Crippen LogP contribution is 2.26. The molecule has 1 aliphatic rings. The van der Waals surface area contributed by atoms with E-state index in [0.717, 1.165) is 18.4 Å². The summed E-state index contributed by atoms with van der Waals surface area (Å²) in [5, 5.41) is 4.79. The average Bonchev–Trinajstić information content (AvgIpc) is 3.36. The summed E-state index contributed by atoms with van der Waals surface area (Å²) in [6.07, 6.45) is 1.67. The molecule has 1 saturated carbocycles. The Bertz CT molecular complexity index is 1120. The van der Waals surface area contributed by atoms with Crippen molar-refractivity contribution in [3.8, 4) is 11.3 Å². The first kappa shape index (κ1) is 18.7. The minimum absolute atomic E-state index is 0.0114. The van der Waals surface area contributed by atoms with Gasteiger partial charge in [-0.15, -0.1) is 11.3 Å². The molecule has 0 spiro atoms. The van der Waals surface area contributed by atoms with Crippen LogP contribution in [0.3, 0.4) is 0 Å². The molecule has 9 heteroatoms. The lowest BCUT2D eigenvalue weighted by Crippen LogP contribution is -2.26. The van der Waals surface area contributed by atoms with Gasteiger partial charge in [0.05, 0.1) is 10.6 Å². The highest BCUT2D eigenvalue weighted by atomic mass is 32.2. The van der Waals surface area contributed by atoms with Crippen LogP contribution in [-0.4, -0.2) is 25.4 Å². The van der Waals surface area contributed by atoms with Gasteiger partial charge in [-0.25, -0.2) is 22.5 Å². The van der Waals surface area contributed by atoms with Gasteiger partial charge in [0, 0.05) is 22.5 Å². The van der Waals surface area contributed by atoms with E-state index in [0.29, 0.717) is 10.8 Å². The fourth-order valence-corrected chi connectivity index (χ4v) is 4.61. The van der Waals surface area contributed by atoms with Crippen LogP contribution in [0.1, 0.15) is 23.2 Å². The van der Waals surface area contributed by atoms with E-state index in [1.165, 1.54) is 41.7 Å². The van der Waals surface area contributed by atoms with E-state index in [9.17, 15) is 17.6 Å². The Hall–Kier alpha value is -2.62. The molecule has 3 aromatic rings. The topological polar surface area (TPSA) is 88.2 Å². The molecule has 0 aliphatic heterocycles. The number of carbonyl (C=O) groups is 1. The lowest BCUT2D eigenvalue weighted by atomic mass is 10.2. The molecule has 1 fully saturated rings. The summed E-state index contributed by atoms with van der Waals surface area (Å²) < 4.78 is 40.3. The molecule has 2 N–H and O–H groups in total. The van der Waals surface area contributed by atoms with Gasteiger partial charge in [-0.05, 0) is 55.3 Å². The lowest BCUT2D eigenvalue weighted by Gasteiger charge is -2.07. The number of rotatable bonds is 6. The molecule has 0 atom stereocenters. The van der Waals surface area contributed by atoms with Crippen LogP contribution in [0.4, 0.5) is 9.52 Å². The lowest BCUT2D eigenvalue weighted by molar-refractivity contribution is 0.102. The van der Waals surface area contributed by atoms with Crippen molar-refractivity contribution in [2.75, 3.05) is 5.32 Å². The number of sulfonamides is 1. The van der Waals surface area contributed by atoms with E-state index in [2.05, 4.69) is 15.0 Å². The molecule has 6 nitrogen and oxygen atoms in total. The van der Waals surface area contributed by atoms with Crippen LogP contribution in [0.2, 0.25) is 0 Å². The molecule has 144 valence electrons. The molecule has 1 aromatic heterocycles. The number of halogens is 1. The van der Waals surface area contributed by atoms with Crippen LogP contribution in [-0.2, 0) is 10.0 Å². The van der Waals surface area contributed by atoms with Crippen LogP contribution in [0.5, 0.6) is 0 Å². The Balaban J connectivity index is 1.49. The van der Waals surface area contributed by atoms with Gasteiger partial charge in [-0.3, -0.25) is 10.1 Å². The predicted octanol–water partition coefficient (Wildman–Crippen LogP) is 3.64. The van der Waals surface area contributed by atoms with Gasteiger partial charge in [0.1, 0.15) is 5.82 Å². The van der Waals surface area contributed by atoms with Crippen molar-refractivity contribution in [2.45, 2.75) is 23.8 Å². The number of nitrogens with one attached hydrogen (secondary N) is 2. The number of amides is 1. The first-order valence-corrected chi connectivity index (χ1v) is 10.9. The Morgan fingerprint density at radius 3 is 2.61 bits per heavy atom. The van der Waals surface area contributed by atoms with Gasteiger partial charge in [-0.2, -0.15) is 0 Å². The third-order valence-electron chi connectivity index (χ3n) is 4.17. The van der Waals surface area contributed by atoms with E-state index < -0.39 is 15.9 Å². The maximum atomic E-state index is 13.0. The number of hydrogen-bond acceptors (Lipinski definition) is 5. The van der Waals surface area contributed by atoms with Crippen molar-refractivity contribution in [2.24, 2.45) is 0 Å². The van der Waals surface area contributed by atoms with Crippen molar-refractivity contribution >= 4 is 32.4 Å². The zero-order valence-corrected chi connectivity index (χ0v) is 16.2. The number of thiazole rings is 1. The Labute approximate surface area is 165 Å². The summed E-state index contributed by atoms with van der Waals surface area (Å²) in [6, 6.07) is 11.8. The largest absolute Gasteiger partial charge is 0.298 e. The van der Waals surface area contributed by atoms with E-state index in [-0.39, 0.29) is 22.3 Å². The highest BCUT2D eigenvalue weighted by Gasteiger charge is 2.28. The van der Waals surface area contributed by atoms with Crippen LogP contribution < -0.4 is 10.0 Å². The summed E-state index contributed by atoms with van der Waals surface area (Å²) in [5.41, 5.74) is 1.57. The number of benzene rings is 2. The van der Waals surface area contributed by atoms with Crippen LogP contribution in [0.25, 0.3) is 11.3 Å². The Morgan fingerprint density at radius 2 is 1.89 bits per heavy atom. The molecule has 1 heterocycles. The van der Waals surface area contributed by atoms with E-state index >= 15 is 0 Å². The first-order chi connectivity index (χ1) is 13.4. The predicted molar refractivity (Wildman–Crippen MR) is 105 cm³/mol. The molecule has 28 heavy (non-hydrogen) atoms. The summed E-state index contributed by atoms with van der Waals surface area (Å²) >= 11 is 1.23. The van der Waals surface area contributed by atoms with Crippen molar-refractivity contribution in [1.82, 2.24) is 9.71 Å². The standard InChI is InChI=1S/C19H16FN3O3S2/c20-14-6-4-12(5-7-14)17-11-27-19(21-17)22-18(24)13-2-1-3-16(10-13)28(25,26)23-15-8-9-15/h1-7,10-11,15,23H,8-9H2,(H,21,22,24). The Kier molecular flexibility index (Phi) is 4.96. The zero-order chi connectivity index (χ0) is 19.7. The third kappa shape index (κ3) is 4.27. The second kappa shape index (κ2) is 7.42. The molecular formula is C19H16FN3O3S2. The second-order valence-corrected chi connectivity index (χ2v) is 8.99. The molecule has 1 aliphatic carbocycles. The van der Waals surface area contributed by atoms with Gasteiger partial charge in [0.2, 0.25) is 10.0 Å². The van der Waals surface area contributed by atoms with Gasteiger partial charge < -0.3 is 0 Å². The number of anilines is 1. The minimum atomic E-state index is -3.64. The summed E-state index contributed by atoms with van der Waals surface area (Å²) in [4.78, 5) is 16.9. The van der Waals surface area contributed by atoms with Gasteiger partial charge in [-0.1, -0.05) is 6.07 Å². The molecule has 0 saturated heterocycles. The number of aromatic nitrogens is 1. The number of carbonyl (C=O) groups excluding carboxylic acids is 1.